The summed E-state index contributed by atoms with van der Waals surface area (Å²) < 4.78 is 34.5. The molecular formula is C29H29ClN6O4S. The Bertz CT molecular complexity index is 1650. The smallest absolute Gasteiger partial charge is 0.243 e. The van der Waals surface area contributed by atoms with Gasteiger partial charge in [-0.1, -0.05) is 23.7 Å². The lowest BCUT2D eigenvalue weighted by Crippen LogP contribution is -2.57. The van der Waals surface area contributed by atoms with Crippen LogP contribution >= 0.6 is 11.6 Å². The van der Waals surface area contributed by atoms with Crippen LogP contribution in [0.2, 0.25) is 5.02 Å². The largest absolute Gasteiger partial charge is 0.378 e. The van der Waals surface area contributed by atoms with Gasteiger partial charge in [-0.15, -0.1) is 0 Å². The van der Waals surface area contributed by atoms with Crippen LogP contribution in [0.3, 0.4) is 0 Å². The Hall–Kier alpha value is -3.64. The van der Waals surface area contributed by atoms with E-state index < -0.39 is 16.1 Å². The van der Waals surface area contributed by atoms with E-state index >= 15 is 0 Å². The number of halogens is 1. The predicted molar refractivity (Wildman–Crippen MR) is 156 cm³/mol. The number of nitrogens with zero attached hydrogens (tertiary/aromatic N) is 6. The summed E-state index contributed by atoms with van der Waals surface area (Å²) in [5, 5.41) is 2.24. The van der Waals surface area contributed by atoms with Gasteiger partial charge in [0, 0.05) is 74.5 Å². The predicted octanol–water partition coefficient (Wildman–Crippen LogP) is 3.47. The molecule has 2 aromatic carbocycles. The minimum Gasteiger partial charge on any atom is -0.378 e. The highest BCUT2D eigenvalue weighted by molar-refractivity contribution is 7.89. The van der Waals surface area contributed by atoms with E-state index in [1.54, 1.807) is 60.0 Å². The second kappa shape index (κ2) is 11.7. The van der Waals surface area contributed by atoms with E-state index in [2.05, 4.69) is 15.0 Å². The van der Waals surface area contributed by atoms with Crippen LogP contribution in [0, 0.1) is 0 Å². The van der Waals surface area contributed by atoms with E-state index in [0.29, 0.717) is 43.8 Å². The van der Waals surface area contributed by atoms with E-state index in [9.17, 15) is 13.2 Å². The minimum atomic E-state index is -3.82. The molecule has 6 rings (SSSR count). The summed E-state index contributed by atoms with van der Waals surface area (Å²) in [4.78, 5) is 30.5. The molecule has 0 bridgehead atoms. The molecule has 0 radical (unpaired) electrons. The first kappa shape index (κ1) is 27.5. The van der Waals surface area contributed by atoms with Crippen LogP contribution in [0.25, 0.3) is 21.9 Å². The van der Waals surface area contributed by atoms with E-state index in [-0.39, 0.29) is 30.3 Å². The molecule has 10 nitrogen and oxygen atoms in total. The van der Waals surface area contributed by atoms with Gasteiger partial charge in [-0.25, -0.2) is 18.4 Å². The van der Waals surface area contributed by atoms with Crippen LogP contribution < -0.4 is 4.90 Å². The second-order valence-electron chi connectivity index (χ2n) is 10.1. The summed E-state index contributed by atoms with van der Waals surface area (Å²) in [5.74, 6) is 0.417. The van der Waals surface area contributed by atoms with Crippen molar-refractivity contribution < 1.29 is 17.9 Å². The first-order valence-corrected chi connectivity index (χ1v) is 15.2. The maximum absolute atomic E-state index is 13.8. The summed E-state index contributed by atoms with van der Waals surface area (Å²) in [6, 6.07) is 13.7. The van der Waals surface area contributed by atoms with Crippen LogP contribution in [0.4, 0.5) is 5.95 Å². The van der Waals surface area contributed by atoms with Crippen molar-refractivity contribution in [2.45, 2.75) is 17.4 Å². The van der Waals surface area contributed by atoms with Crippen LogP contribution in [-0.2, 0) is 19.6 Å². The molecule has 2 aliphatic rings. The molecule has 1 unspecified atom stereocenters. The van der Waals surface area contributed by atoms with Crippen molar-refractivity contribution in [3.8, 4) is 11.1 Å². The summed E-state index contributed by atoms with van der Waals surface area (Å²) >= 11 is 6.11. The number of ether oxygens (including phenoxy) is 1. The number of carbonyl (C=O) groups is 1. The van der Waals surface area contributed by atoms with Gasteiger partial charge in [0.05, 0.1) is 24.2 Å². The number of pyridine rings is 1. The molecule has 2 aliphatic heterocycles. The Kier molecular flexibility index (Phi) is 7.85. The lowest BCUT2D eigenvalue weighted by atomic mass is 10.1. The molecule has 4 aromatic rings. The van der Waals surface area contributed by atoms with Crippen molar-refractivity contribution in [3.05, 3.63) is 78.3 Å². The highest BCUT2D eigenvalue weighted by Crippen LogP contribution is 2.28. The summed E-state index contributed by atoms with van der Waals surface area (Å²) in [6.07, 6.45) is 7.03. The van der Waals surface area contributed by atoms with Crippen molar-refractivity contribution in [1.29, 1.82) is 0 Å². The number of sulfonamides is 1. The Morgan fingerprint density at radius 3 is 2.37 bits per heavy atom. The van der Waals surface area contributed by atoms with Crippen molar-refractivity contribution in [2.24, 2.45) is 0 Å². The Morgan fingerprint density at radius 2 is 1.61 bits per heavy atom. The Morgan fingerprint density at radius 1 is 0.902 bits per heavy atom. The first-order valence-electron chi connectivity index (χ1n) is 13.4. The number of amides is 1. The highest BCUT2D eigenvalue weighted by Gasteiger charge is 2.37. The molecule has 1 amide bonds. The molecule has 41 heavy (non-hydrogen) atoms. The van der Waals surface area contributed by atoms with Gasteiger partial charge in [0.2, 0.25) is 21.9 Å². The van der Waals surface area contributed by atoms with E-state index in [1.165, 1.54) is 4.31 Å². The summed E-state index contributed by atoms with van der Waals surface area (Å²) in [5.41, 5.74) is 1.79. The number of anilines is 1. The molecule has 0 N–H and O–H groups in total. The molecule has 12 heteroatoms. The van der Waals surface area contributed by atoms with Gasteiger partial charge in [0.15, 0.2) is 0 Å². The maximum atomic E-state index is 13.8. The molecule has 1 atom stereocenters. The van der Waals surface area contributed by atoms with Gasteiger partial charge < -0.3 is 14.5 Å². The lowest BCUT2D eigenvalue weighted by molar-refractivity contribution is -0.135. The Balaban J connectivity index is 1.27. The quantitative estimate of drug-likeness (QED) is 0.335. The zero-order valence-electron chi connectivity index (χ0n) is 22.3. The van der Waals surface area contributed by atoms with Gasteiger partial charge in [0.25, 0.3) is 0 Å². The van der Waals surface area contributed by atoms with Crippen molar-refractivity contribution in [3.63, 3.8) is 0 Å². The van der Waals surface area contributed by atoms with Gasteiger partial charge in [-0.05, 0) is 52.7 Å². The molecule has 4 heterocycles. The topological polar surface area (TPSA) is 109 Å². The highest BCUT2D eigenvalue weighted by atomic mass is 35.5. The second-order valence-corrected chi connectivity index (χ2v) is 12.4. The third-order valence-corrected chi connectivity index (χ3v) is 9.64. The van der Waals surface area contributed by atoms with Crippen LogP contribution in [0.1, 0.15) is 6.42 Å². The number of rotatable bonds is 6. The fourth-order valence-electron chi connectivity index (χ4n) is 5.29. The van der Waals surface area contributed by atoms with Crippen LogP contribution in [0.5, 0.6) is 0 Å². The maximum Gasteiger partial charge on any atom is 0.243 e. The number of piperazine rings is 1. The number of hydrogen-bond acceptors (Lipinski definition) is 8. The molecule has 212 valence electrons. The van der Waals surface area contributed by atoms with E-state index in [0.717, 1.165) is 21.9 Å². The number of morpholine rings is 1. The van der Waals surface area contributed by atoms with Crippen LogP contribution in [-0.4, -0.2) is 90.5 Å². The third kappa shape index (κ3) is 5.89. The molecule has 2 saturated heterocycles. The molecule has 2 aromatic heterocycles. The van der Waals surface area contributed by atoms with Crippen molar-refractivity contribution in [1.82, 2.24) is 24.2 Å². The fraction of sp³-hybridized carbons (Fsp3) is 0.310. The van der Waals surface area contributed by atoms with Gasteiger partial charge in [-0.3, -0.25) is 9.78 Å². The summed E-state index contributed by atoms with van der Waals surface area (Å²) in [6.45, 7) is 2.74. The number of benzene rings is 2. The minimum absolute atomic E-state index is 0.0430. The normalized spacial score (nSPS) is 18.5. The van der Waals surface area contributed by atoms with E-state index in [4.69, 9.17) is 16.3 Å². The molecule has 0 aliphatic carbocycles. The van der Waals surface area contributed by atoms with Crippen molar-refractivity contribution >= 4 is 44.3 Å². The Labute approximate surface area is 243 Å². The molecule has 2 fully saturated rings. The number of fused-ring (bicyclic) bond motifs is 1. The molecule has 0 saturated carbocycles. The molecule has 0 spiro atoms. The SMILES string of the molecule is O=C(CC1CN(S(=O)(=O)c2ccc3cc(Cl)ccc3c2)CCN1c1ncc(-c2ccncc2)cn1)N1CCOCC1. The van der Waals surface area contributed by atoms with E-state index in [1.807, 2.05) is 23.1 Å². The van der Waals surface area contributed by atoms with Gasteiger partial charge >= 0.3 is 0 Å². The lowest BCUT2D eigenvalue weighted by Gasteiger charge is -2.41. The number of carbonyl (C=O) groups excluding carboxylic acids is 1. The fourth-order valence-corrected chi connectivity index (χ4v) is 6.98. The average molecular weight is 593 g/mol. The first-order chi connectivity index (χ1) is 19.9. The third-order valence-electron chi connectivity index (χ3n) is 7.54. The average Bonchev–Trinajstić information content (AvgIpc) is 3.01. The zero-order valence-corrected chi connectivity index (χ0v) is 23.8. The monoisotopic (exact) mass is 592 g/mol. The number of aromatic nitrogens is 3. The van der Waals surface area contributed by atoms with Gasteiger partial charge in [0.1, 0.15) is 0 Å². The number of hydrogen-bond donors (Lipinski definition) is 0. The zero-order chi connectivity index (χ0) is 28.4. The molecular weight excluding hydrogens is 564 g/mol. The standard InChI is InChI=1S/C29H29ClN6O4S/c30-25-3-1-23-16-27(4-2-22(23)15-25)41(38,39)35-9-10-36(26(20-35)17-28(37)34-11-13-40-14-12-34)29-32-18-24(19-33-29)21-5-7-31-8-6-21/h1-8,15-16,18-19,26H,9-14,17,20H2. The summed E-state index contributed by atoms with van der Waals surface area (Å²) in [7, 11) is -3.82. The van der Waals surface area contributed by atoms with Crippen molar-refractivity contribution in [2.75, 3.05) is 50.8 Å². The van der Waals surface area contributed by atoms with Gasteiger partial charge in [-0.2, -0.15) is 4.31 Å². The van der Waals surface area contributed by atoms with Crippen LogP contribution in [0.15, 0.2) is 78.2 Å².